The summed E-state index contributed by atoms with van der Waals surface area (Å²) in [4.78, 5) is 25.3. The first-order valence-electron chi connectivity index (χ1n) is 9.23. The van der Waals surface area contributed by atoms with Gasteiger partial charge in [0.05, 0.1) is 28.3 Å². The molecule has 0 aliphatic carbocycles. The molecule has 3 rings (SSSR count). The lowest BCUT2D eigenvalue weighted by Crippen LogP contribution is -2.26. The monoisotopic (exact) mass is 440 g/mol. The Kier molecular flexibility index (Phi) is 6.94. The quantitative estimate of drug-likeness (QED) is 0.392. The number of amides is 1. The molecule has 1 N–H and O–H groups in total. The Morgan fingerprint density at radius 2 is 1.90 bits per heavy atom. The molecule has 0 saturated carbocycles. The van der Waals surface area contributed by atoms with Gasteiger partial charge in [0, 0.05) is 18.5 Å². The van der Waals surface area contributed by atoms with Crippen LogP contribution in [-0.2, 0) is 0 Å². The SMILES string of the molecule is COc1c(C#N)cc2ccccc2c1C(=O)NCCCC(=O)c1cccc(Cl)c1Cl. The van der Waals surface area contributed by atoms with Crippen molar-refractivity contribution in [2.75, 3.05) is 13.7 Å². The minimum absolute atomic E-state index is 0.147. The molecule has 1 amide bonds. The van der Waals surface area contributed by atoms with Gasteiger partial charge in [0.15, 0.2) is 5.78 Å². The lowest BCUT2D eigenvalue weighted by molar-refractivity contribution is 0.0937. The van der Waals surface area contributed by atoms with Crippen LogP contribution in [0.4, 0.5) is 0 Å². The summed E-state index contributed by atoms with van der Waals surface area (Å²) < 4.78 is 5.36. The van der Waals surface area contributed by atoms with Gasteiger partial charge >= 0.3 is 0 Å². The third-order valence-corrected chi connectivity index (χ3v) is 5.49. The molecule has 0 atom stereocenters. The van der Waals surface area contributed by atoms with Crippen molar-refractivity contribution >= 4 is 45.7 Å². The van der Waals surface area contributed by atoms with Gasteiger partial charge in [-0.1, -0.05) is 53.5 Å². The number of rotatable bonds is 7. The van der Waals surface area contributed by atoms with Crippen molar-refractivity contribution in [2.45, 2.75) is 12.8 Å². The van der Waals surface area contributed by atoms with E-state index in [0.717, 1.165) is 5.39 Å². The topological polar surface area (TPSA) is 79.2 Å². The highest BCUT2D eigenvalue weighted by Gasteiger charge is 2.20. The Morgan fingerprint density at radius 1 is 1.13 bits per heavy atom. The van der Waals surface area contributed by atoms with E-state index in [1.807, 2.05) is 18.2 Å². The Bertz CT molecular complexity index is 1170. The molecule has 3 aromatic carbocycles. The van der Waals surface area contributed by atoms with Crippen LogP contribution < -0.4 is 10.1 Å². The van der Waals surface area contributed by atoms with E-state index in [1.165, 1.54) is 7.11 Å². The number of ketones is 1. The van der Waals surface area contributed by atoms with Gasteiger partial charge < -0.3 is 10.1 Å². The Hall–Kier alpha value is -3.07. The molecule has 0 aliphatic rings. The minimum atomic E-state index is -0.367. The van der Waals surface area contributed by atoms with Gasteiger partial charge in [0.25, 0.3) is 5.91 Å². The third-order valence-electron chi connectivity index (χ3n) is 4.67. The van der Waals surface area contributed by atoms with Gasteiger partial charge in [-0.15, -0.1) is 0 Å². The Morgan fingerprint density at radius 3 is 2.63 bits per heavy atom. The summed E-state index contributed by atoms with van der Waals surface area (Å²) in [6, 6.07) is 16.0. The maximum atomic E-state index is 12.9. The Balaban J connectivity index is 1.73. The zero-order valence-electron chi connectivity index (χ0n) is 16.2. The van der Waals surface area contributed by atoms with E-state index >= 15 is 0 Å². The van der Waals surface area contributed by atoms with Crippen LogP contribution in [0.3, 0.4) is 0 Å². The molecule has 0 aromatic heterocycles. The summed E-state index contributed by atoms with van der Waals surface area (Å²) in [7, 11) is 1.43. The number of methoxy groups -OCH3 is 1. The fraction of sp³-hybridized carbons (Fsp3) is 0.174. The number of Topliss-reactive ketones (excluding diaryl/α,β-unsaturated/α-hetero) is 1. The molecule has 0 spiro atoms. The summed E-state index contributed by atoms with van der Waals surface area (Å²) in [5, 5.41) is 14.2. The van der Waals surface area contributed by atoms with Crippen LogP contribution in [0.5, 0.6) is 5.75 Å². The maximum Gasteiger partial charge on any atom is 0.255 e. The van der Waals surface area contributed by atoms with E-state index in [-0.39, 0.29) is 41.0 Å². The summed E-state index contributed by atoms with van der Waals surface area (Å²) >= 11 is 12.0. The number of carbonyl (C=O) groups is 2. The van der Waals surface area contributed by atoms with Gasteiger partial charge in [0.1, 0.15) is 11.8 Å². The minimum Gasteiger partial charge on any atom is -0.495 e. The number of fused-ring (bicyclic) bond motifs is 1. The number of nitrogens with one attached hydrogen (secondary N) is 1. The average Bonchev–Trinajstić information content (AvgIpc) is 2.76. The average molecular weight is 441 g/mol. The number of ether oxygens (including phenoxy) is 1. The Labute approximate surface area is 184 Å². The molecule has 7 heteroatoms. The molecular weight excluding hydrogens is 423 g/mol. The predicted octanol–water partition coefficient (Wildman–Crippen LogP) is 5.42. The van der Waals surface area contributed by atoms with Crippen LogP contribution in [0.1, 0.15) is 39.1 Å². The van der Waals surface area contributed by atoms with Crippen molar-refractivity contribution < 1.29 is 14.3 Å². The first-order valence-corrected chi connectivity index (χ1v) is 9.98. The molecule has 0 bridgehead atoms. The highest BCUT2D eigenvalue weighted by atomic mass is 35.5. The number of nitriles is 1. The molecule has 0 unspecified atom stereocenters. The van der Waals surface area contributed by atoms with Crippen LogP contribution >= 0.6 is 23.2 Å². The van der Waals surface area contributed by atoms with Crippen molar-refractivity contribution in [2.24, 2.45) is 0 Å². The molecule has 0 radical (unpaired) electrons. The number of nitrogens with zero attached hydrogens (tertiary/aromatic N) is 1. The fourth-order valence-electron chi connectivity index (χ4n) is 3.24. The summed E-state index contributed by atoms with van der Waals surface area (Å²) in [5.41, 5.74) is 0.952. The van der Waals surface area contributed by atoms with Gasteiger partial charge in [-0.3, -0.25) is 9.59 Å². The molecule has 3 aromatic rings. The van der Waals surface area contributed by atoms with Gasteiger partial charge in [0.2, 0.25) is 0 Å². The van der Waals surface area contributed by atoms with E-state index in [1.54, 1.807) is 30.3 Å². The van der Waals surface area contributed by atoms with Gasteiger partial charge in [-0.05, 0) is 35.4 Å². The molecule has 5 nitrogen and oxygen atoms in total. The highest BCUT2D eigenvalue weighted by Crippen LogP contribution is 2.32. The van der Waals surface area contributed by atoms with Crippen LogP contribution in [0.2, 0.25) is 10.0 Å². The number of halogens is 2. The van der Waals surface area contributed by atoms with Crippen molar-refractivity contribution in [3.8, 4) is 11.8 Å². The van der Waals surface area contributed by atoms with Crippen LogP contribution in [0.25, 0.3) is 10.8 Å². The van der Waals surface area contributed by atoms with E-state index in [9.17, 15) is 14.9 Å². The third kappa shape index (κ3) is 4.40. The standard InChI is InChI=1S/C23H18Cl2N2O3/c1-30-22-15(13-26)12-14-6-2-3-7-16(14)20(22)23(29)27-11-5-10-19(28)17-8-4-9-18(24)21(17)25/h2-4,6-9,12H,5,10-11H2,1H3,(H,27,29). The van der Waals surface area contributed by atoms with Gasteiger partial charge in [-0.2, -0.15) is 5.26 Å². The number of carbonyl (C=O) groups excluding carboxylic acids is 2. The second kappa shape index (κ2) is 9.62. The number of hydrogen-bond donors (Lipinski definition) is 1. The first kappa shape index (κ1) is 21.6. The molecular formula is C23H18Cl2N2O3. The lowest BCUT2D eigenvalue weighted by Gasteiger charge is -2.14. The van der Waals surface area contributed by atoms with Crippen molar-refractivity contribution in [1.82, 2.24) is 5.32 Å². The van der Waals surface area contributed by atoms with E-state index in [2.05, 4.69) is 11.4 Å². The van der Waals surface area contributed by atoms with Crippen molar-refractivity contribution in [3.05, 3.63) is 75.3 Å². The summed E-state index contributed by atoms with van der Waals surface area (Å²) in [6.07, 6.45) is 0.627. The van der Waals surface area contributed by atoms with E-state index in [4.69, 9.17) is 27.9 Å². The molecule has 0 aliphatic heterocycles. The van der Waals surface area contributed by atoms with Crippen molar-refractivity contribution in [1.29, 1.82) is 5.26 Å². The van der Waals surface area contributed by atoms with Crippen LogP contribution in [0, 0.1) is 11.3 Å². The largest absolute Gasteiger partial charge is 0.495 e. The van der Waals surface area contributed by atoms with Crippen molar-refractivity contribution in [3.63, 3.8) is 0 Å². The molecule has 30 heavy (non-hydrogen) atoms. The fourth-order valence-corrected chi connectivity index (χ4v) is 3.65. The van der Waals surface area contributed by atoms with E-state index in [0.29, 0.717) is 28.0 Å². The molecule has 0 fully saturated rings. The zero-order valence-corrected chi connectivity index (χ0v) is 17.7. The van der Waals surface area contributed by atoms with Gasteiger partial charge in [-0.25, -0.2) is 0 Å². The summed E-state index contributed by atoms with van der Waals surface area (Å²) in [6.45, 7) is 0.275. The lowest BCUT2D eigenvalue weighted by atomic mass is 9.99. The zero-order chi connectivity index (χ0) is 21.7. The van der Waals surface area contributed by atoms with Crippen LogP contribution in [0.15, 0.2) is 48.5 Å². The predicted molar refractivity (Wildman–Crippen MR) is 118 cm³/mol. The second-order valence-electron chi connectivity index (χ2n) is 6.55. The molecule has 0 saturated heterocycles. The maximum absolute atomic E-state index is 12.9. The second-order valence-corrected chi connectivity index (χ2v) is 7.33. The smallest absolute Gasteiger partial charge is 0.255 e. The number of hydrogen-bond acceptors (Lipinski definition) is 4. The van der Waals surface area contributed by atoms with E-state index < -0.39 is 0 Å². The normalized spacial score (nSPS) is 10.5. The molecule has 0 heterocycles. The number of benzene rings is 3. The highest BCUT2D eigenvalue weighted by molar-refractivity contribution is 6.43. The molecule has 152 valence electrons. The summed E-state index contributed by atoms with van der Waals surface area (Å²) in [5.74, 6) is -0.282. The van der Waals surface area contributed by atoms with Crippen LogP contribution in [-0.4, -0.2) is 25.3 Å². The first-order chi connectivity index (χ1) is 14.5.